The number of benzene rings is 1. The molecule has 8 heteroatoms. The Kier molecular flexibility index (Phi) is 3.78. The lowest BCUT2D eigenvalue weighted by molar-refractivity contribution is -0.137. The number of pyridine rings is 1. The Balaban J connectivity index is 1.79. The number of aryl methyl sites for hydroxylation is 1. The lowest BCUT2D eigenvalue weighted by Crippen LogP contribution is -2.32. The van der Waals surface area contributed by atoms with Crippen LogP contribution in [0.5, 0.6) is 0 Å². The van der Waals surface area contributed by atoms with Crippen molar-refractivity contribution >= 4 is 16.7 Å². The molecule has 0 saturated heterocycles. The van der Waals surface area contributed by atoms with Gasteiger partial charge in [-0.2, -0.15) is 13.2 Å². The minimum absolute atomic E-state index is 0.187. The van der Waals surface area contributed by atoms with Crippen LogP contribution in [0.25, 0.3) is 10.9 Å². The van der Waals surface area contributed by atoms with E-state index in [1.807, 2.05) is 0 Å². The lowest BCUT2D eigenvalue weighted by atomic mass is 10.0. The summed E-state index contributed by atoms with van der Waals surface area (Å²) in [5, 5.41) is 0.279. The zero-order chi connectivity index (χ0) is 18.5. The molecule has 0 radical (unpaired) electrons. The summed E-state index contributed by atoms with van der Waals surface area (Å²) in [6.07, 6.45) is -3.13. The second-order valence-corrected chi connectivity index (χ2v) is 6.23. The Hall–Kier alpha value is -2.77. The van der Waals surface area contributed by atoms with E-state index in [1.165, 1.54) is 6.07 Å². The van der Waals surface area contributed by atoms with Crippen LogP contribution in [0.4, 0.5) is 23.4 Å². The number of rotatable bonds is 1. The predicted octanol–water partition coefficient (Wildman–Crippen LogP) is 4.05. The van der Waals surface area contributed by atoms with Crippen LogP contribution >= 0.6 is 0 Å². The normalized spacial score (nSPS) is 14.6. The molecule has 0 amide bonds. The molecule has 134 valence electrons. The third-order valence-electron chi connectivity index (χ3n) is 4.43. The Morgan fingerprint density at radius 2 is 1.96 bits per heavy atom. The number of alkyl halides is 3. The first-order chi connectivity index (χ1) is 12.3. The van der Waals surface area contributed by atoms with Crippen molar-refractivity contribution in [2.45, 2.75) is 26.1 Å². The summed E-state index contributed by atoms with van der Waals surface area (Å²) in [6.45, 7) is 2.38. The largest absolute Gasteiger partial charge is 0.417 e. The second kappa shape index (κ2) is 5.89. The molecule has 0 atom stereocenters. The molecule has 0 bridgehead atoms. The maximum Gasteiger partial charge on any atom is 0.417 e. The van der Waals surface area contributed by atoms with Crippen LogP contribution in [-0.4, -0.2) is 21.5 Å². The van der Waals surface area contributed by atoms with Gasteiger partial charge < -0.3 is 4.90 Å². The van der Waals surface area contributed by atoms with Crippen molar-refractivity contribution in [1.29, 1.82) is 0 Å². The van der Waals surface area contributed by atoms with Gasteiger partial charge in [-0.15, -0.1) is 0 Å². The molecule has 4 rings (SSSR count). The first-order valence-corrected chi connectivity index (χ1v) is 8.06. The molecule has 4 nitrogen and oxygen atoms in total. The van der Waals surface area contributed by atoms with Crippen molar-refractivity contribution in [3.05, 3.63) is 58.9 Å². The standard InChI is InChI=1S/C18H14F4N4/c1-10-24-15-4-2-3-13(19)16(15)17(25-10)26-6-5-14-11(9-26)7-12(8-23-14)18(20,21)22/h2-4,7-8H,5-6,9H2,1H3. The van der Waals surface area contributed by atoms with Gasteiger partial charge in [0.15, 0.2) is 0 Å². The van der Waals surface area contributed by atoms with Gasteiger partial charge in [0.2, 0.25) is 0 Å². The number of hydrogen-bond acceptors (Lipinski definition) is 4. The first-order valence-electron chi connectivity index (χ1n) is 8.06. The van der Waals surface area contributed by atoms with Crippen molar-refractivity contribution in [2.75, 3.05) is 11.4 Å². The molecule has 0 aliphatic carbocycles. The molecule has 1 aromatic carbocycles. The van der Waals surface area contributed by atoms with Gasteiger partial charge in [0.1, 0.15) is 17.5 Å². The molecular formula is C18H14F4N4. The Labute approximate surface area is 146 Å². The van der Waals surface area contributed by atoms with Gasteiger partial charge in [0, 0.05) is 31.4 Å². The van der Waals surface area contributed by atoms with E-state index in [1.54, 1.807) is 24.0 Å². The minimum atomic E-state index is -4.45. The van der Waals surface area contributed by atoms with Crippen molar-refractivity contribution in [1.82, 2.24) is 15.0 Å². The Bertz CT molecular complexity index is 1000. The van der Waals surface area contributed by atoms with Gasteiger partial charge in [-0.3, -0.25) is 4.98 Å². The topological polar surface area (TPSA) is 41.9 Å². The zero-order valence-corrected chi connectivity index (χ0v) is 13.8. The predicted molar refractivity (Wildman–Crippen MR) is 88.2 cm³/mol. The SMILES string of the molecule is Cc1nc(N2CCc3ncc(C(F)(F)F)cc3C2)c2c(F)cccc2n1. The van der Waals surface area contributed by atoms with E-state index in [9.17, 15) is 17.6 Å². The first kappa shape index (κ1) is 16.7. The number of aromatic nitrogens is 3. The number of hydrogen-bond donors (Lipinski definition) is 0. The monoisotopic (exact) mass is 362 g/mol. The maximum absolute atomic E-state index is 14.4. The van der Waals surface area contributed by atoms with Gasteiger partial charge in [-0.25, -0.2) is 14.4 Å². The van der Waals surface area contributed by atoms with E-state index in [0.29, 0.717) is 41.4 Å². The van der Waals surface area contributed by atoms with Crippen LogP contribution in [0.3, 0.4) is 0 Å². The Morgan fingerprint density at radius 1 is 1.15 bits per heavy atom. The maximum atomic E-state index is 14.4. The third kappa shape index (κ3) is 2.85. The van der Waals surface area contributed by atoms with Crippen molar-refractivity contribution in [3.8, 4) is 0 Å². The van der Waals surface area contributed by atoms with E-state index in [-0.39, 0.29) is 11.9 Å². The van der Waals surface area contributed by atoms with Crippen LogP contribution in [0.15, 0.2) is 30.5 Å². The van der Waals surface area contributed by atoms with E-state index in [2.05, 4.69) is 15.0 Å². The molecule has 0 fully saturated rings. The average molecular weight is 362 g/mol. The zero-order valence-electron chi connectivity index (χ0n) is 13.8. The number of nitrogens with zero attached hydrogens (tertiary/aromatic N) is 4. The fourth-order valence-electron chi connectivity index (χ4n) is 3.23. The highest BCUT2D eigenvalue weighted by atomic mass is 19.4. The highest BCUT2D eigenvalue weighted by Gasteiger charge is 2.32. The molecule has 1 aliphatic heterocycles. The molecule has 3 aromatic rings. The van der Waals surface area contributed by atoms with Crippen molar-refractivity contribution < 1.29 is 17.6 Å². The summed E-state index contributed by atoms with van der Waals surface area (Å²) in [7, 11) is 0. The molecule has 0 N–H and O–H groups in total. The van der Waals surface area contributed by atoms with Gasteiger partial charge in [0.25, 0.3) is 0 Å². The summed E-state index contributed by atoms with van der Waals surface area (Å²) in [4.78, 5) is 14.3. The summed E-state index contributed by atoms with van der Waals surface area (Å²) < 4.78 is 53.3. The highest BCUT2D eigenvalue weighted by Crippen LogP contribution is 2.33. The van der Waals surface area contributed by atoms with Gasteiger partial charge in [0.05, 0.1) is 16.5 Å². The average Bonchev–Trinajstić information content (AvgIpc) is 2.59. The summed E-state index contributed by atoms with van der Waals surface area (Å²) in [6, 6.07) is 5.70. The number of fused-ring (bicyclic) bond motifs is 2. The number of halogens is 4. The molecule has 1 aliphatic rings. The third-order valence-corrected chi connectivity index (χ3v) is 4.43. The lowest BCUT2D eigenvalue weighted by Gasteiger charge is -2.30. The van der Waals surface area contributed by atoms with E-state index in [0.717, 1.165) is 12.3 Å². The smallest absolute Gasteiger partial charge is 0.351 e. The van der Waals surface area contributed by atoms with Crippen LogP contribution in [0.2, 0.25) is 0 Å². The second-order valence-electron chi connectivity index (χ2n) is 6.23. The van der Waals surface area contributed by atoms with Gasteiger partial charge in [-0.1, -0.05) is 6.07 Å². The highest BCUT2D eigenvalue weighted by molar-refractivity contribution is 5.90. The van der Waals surface area contributed by atoms with Crippen LogP contribution in [-0.2, 0) is 19.1 Å². The molecule has 2 aromatic heterocycles. The fourth-order valence-corrected chi connectivity index (χ4v) is 3.23. The van der Waals surface area contributed by atoms with E-state index >= 15 is 0 Å². The van der Waals surface area contributed by atoms with E-state index < -0.39 is 17.6 Å². The van der Waals surface area contributed by atoms with Crippen molar-refractivity contribution in [2.24, 2.45) is 0 Å². The molecular weight excluding hydrogens is 348 g/mol. The number of anilines is 1. The summed E-state index contributed by atoms with van der Waals surface area (Å²) >= 11 is 0. The van der Waals surface area contributed by atoms with E-state index in [4.69, 9.17) is 0 Å². The van der Waals surface area contributed by atoms with Gasteiger partial charge >= 0.3 is 6.18 Å². The molecule has 0 saturated carbocycles. The Morgan fingerprint density at radius 3 is 2.73 bits per heavy atom. The molecule has 0 spiro atoms. The molecule has 0 unspecified atom stereocenters. The fraction of sp³-hybridized carbons (Fsp3) is 0.278. The molecule has 3 heterocycles. The summed E-state index contributed by atoms with van der Waals surface area (Å²) in [5.74, 6) is 0.421. The minimum Gasteiger partial charge on any atom is -0.351 e. The van der Waals surface area contributed by atoms with Crippen molar-refractivity contribution in [3.63, 3.8) is 0 Å². The molecule has 26 heavy (non-hydrogen) atoms. The van der Waals surface area contributed by atoms with Gasteiger partial charge in [-0.05, 0) is 30.7 Å². The van der Waals surface area contributed by atoms with Crippen LogP contribution in [0, 0.1) is 12.7 Å². The quantitative estimate of drug-likeness (QED) is 0.613. The van der Waals surface area contributed by atoms with Crippen LogP contribution < -0.4 is 4.90 Å². The van der Waals surface area contributed by atoms with Crippen LogP contribution in [0.1, 0.15) is 22.6 Å². The summed E-state index contributed by atoms with van der Waals surface area (Å²) in [5.41, 5.74) is 0.796.